The van der Waals surface area contributed by atoms with Gasteiger partial charge in [-0.1, -0.05) is 35.9 Å². The van der Waals surface area contributed by atoms with Crippen LogP contribution in [0.4, 0.5) is 5.69 Å². The Morgan fingerprint density at radius 3 is 2.71 bits per heavy atom. The van der Waals surface area contributed by atoms with E-state index in [1.807, 2.05) is 71.3 Å². The molecule has 1 N–H and O–H groups in total. The third-order valence-electron chi connectivity index (χ3n) is 5.40. The van der Waals surface area contributed by atoms with Crippen molar-refractivity contribution in [3.8, 4) is 11.3 Å². The second-order valence-electron chi connectivity index (χ2n) is 7.74. The minimum absolute atomic E-state index is 0.00462. The van der Waals surface area contributed by atoms with Crippen LogP contribution in [0.5, 0.6) is 0 Å². The highest BCUT2D eigenvalue weighted by Crippen LogP contribution is 2.33. The zero-order valence-electron chi connectivity index (χ0n) is 18.0. The monoisotopic (exact) mass is 435 g/mol. The van der Waals surface area contributed by atoms with Gasteiger partial charge in [-0.25, -0.2) is 0 Å². The van der Waals surface area contributed by atoms with Crippen molar-refractivity contribution in [1.29, 1.82) is 0 Å². The summed E-state index contributed by atoms with van der Waals surface area (Å²) < 4.78 is 1.85. The van der Waals surface area contributed by atoms with Gasteiger partial charge in [0.2, 0.25) is 0 Å². The number of halogens is 1. The summed E-state index contributed by atoms with van der Waals surface area (Å²) in [6, 6.07) is 15.8. The van der Waals surface area contributed by atoms with E-state index in [0.29, 0.717) is 23.8 Å². The van der Waals surface area contributed by atoms with E-state index in [0.717, 1.165) is 34.6 Å². The first kappa shape index (κ1) is 21.1. The molecular formula is C24H26ClN5O. The van der Waals surface area contributed by atoms with Crippen molar-refractivity contribution < 1.29 is 4.79 Å². The number of fused-ring (bicyclic) bond motifs is 1. The Morgan fingerprint density at radius 2 is 2.00 bits per heavy atom. The molecule has 1 amide bonds. The molecule has 0 radical (unpaired) electrons. The molecule has 6 nitrogen and oxygen atoms in total. The molecule has 0 spiro atoms. The molecule has 2 heterocycles. The smallest absolute Gasteiger partial charge is 0.272 e. The summed E-state index contributed by atoms with van der Waals surface area (Å²) in [5, 5.41) is 8.77. The van der Waals surface area contributed by atoms with Crippen LogP contribution in [0.25, 0.3) is 11.3 Å². The molecule has 0 fully saturated rings. The standard InChI is InChI=1S/C24H26ClN5O/c1-4-27-21-11-19(25)9-10-20(21)22-12-23-24(31)29(14-16(2)30(23)28-22)15-18-7-5-17(6-8-18)13-26-3/h5-13,16,27H,4,14-15H2,1-3H3/b26-13-/t16-/m0/s1. The van der Waals surface area contributed by atoms with Gasteiger partial charge in [-0.15, -0.1) is 0 Å². The maximum Gasteiger partial charge on any atom is 0.272 e. The van der Waals surface area contributed by atoms with E-state index < -0.39 is 0 Å². The number of nitrogens with one attached hydrogen (secondary N) is 1. The lowest BCUT2D eigenvalue weighted by Crippen LogP contribution is -2.41. The van der Waals surface area contributed by atoms with Crippen LogP contribution in [0.1, 0.15) is 41.5 Å². The first-order valence-corrected chi connectivity index (χ1v) is 10.8. The molecule has 31 heavy (non-hydrogen) atoms. The minimum Gasteiger partial charge on any atom is -0.385 e. The fourth-order valence-electron chi connectivity index (χ4n) is 3.95. The van der Waals surface area contributed by atoms with Gasteiger partial charge in [0.25, 0.3) is 5.91 Å². The van der Waals surface area contributed by atoms with E-state index in [2.05, 4.69) is 17.2 Å². The van der Waals surface area contributed by atoms with Gasteiger partial charge in [0.05, 0.1) is 11.7 Å². The largest absolute Gasteiger partial charge is 0.385 e. The number of hydrogen-bond acceptors (Lipinski definition) is 4. The summed E-state index contributed by atoms with van der Waals surface area (Å²) in [6.07, 6.45) is 1.82. The third-order valence-corrected chi connectivity index (χ3v) is 5.64. The van der Waals surface area contributed by atoms with Gasteiger partial charge < -0.3 is 10.2 Å². The van der Waals surface area contributed by atoms with Gasteiger partial charge in [-0.3, -0.25) is 14.5 Å². The van der Waals surface area contributed by atoms with Crippen LogP contribution in [-0.4, -0.2) is 46.9 Å². The highest BCUT2D eigenvalue weighted by atomic mass is 35.5. The fourth-order valence-corrected chi connectivity index (χ4v) is 4.13. The summed E-state index contributed by atoms with van der Waals surface area (Å²) in [5.41, 5.74) is 5.38. The molecule has 0 saturated heterocycles. The lowest BCUT2D eigenvalue weighted by Gasteiger charge is -2.31. The van der Waals surface area contributed by atoms with Crippen molar-refractivity contribution in [3.63, 3.8) is 0 Å². The number of aromatic nitrogens is 2. The molecule has 0 saturated carbocycles. The average molecular weight is 436 g/mol. The van der Waals surface area contributed by atoms with E-state index in [1.54, 1.807) is 7.05 Å². The van der Waals surface area contributed by atoms with E-state index in [9.17, 15) is 4.79 Å². The van der Waals surface area contributed by atoms with E-state index in [-0.39, 0.29) is 11.9 Å². The third kappa shape index (κ3) is 4.35. The predicted octanol–water partition coefficient (Wildman–Crippen LogP) is 4.90. The van der Waals surface area contributed by atoms with Gasteiger partial charge in [-0.2, -0.15) is 5.10 Å². The Kier molecular flexibility index (Phi) is 6.09. The molecule has 1 atom stereocenters. The minimum atomic E-state index is -0.00462. The molecule has 160 valence electrons. The van der Waals surface area contributed by atoms with E-state index in [1.165, 1.54) is 0 Å². The normalized spacial score (nSPS) is 16.1. The Hall–Kier alpha value is -3.12. The van der Waals surface area contributed by atoms with Crippen LogP contribution < -0.4 is 5.32 Å². The first-order valence-electron chi connectivity index (χ1n) is 10.4. The van der Waals surface area contributed by atoms with Crippen molar-refractivity contribution in [2.24, 2.45) is 4.99 Å². The number of nitrogens with zero attached hydrogens (tertiary/aromatic N) is 4. The van der Waals surface area contributed by atoms with Crippen molar-refractivity contribution >= 4 is 29.4 Å². The van der Waals surface area contributed by atoms with Crippen LogP contribution >= 0.6 is 11.6 Å². The second-order valence-corrected chi connectivity index (χ2v) is 8.18. The summed E-state index contributed by atoms with van der Waals surface area (Å²) in [7, 11) is 1.75. The van der Waals surface area contributed by atoms with Crippen LogP contribution in [0.15, 0.2) is 53.5 Å². The van der Waals surface area contributed by atoms with Crippen molar-refractivity contribution in [3.05, 3.63) is 70.4 Å². The first-order chi connectivity index (χ1) is 15.0. The van der Waals surface area contributed by atoms with Crippen molar-refractivity contribution in [2.75, 3.05) is 25.5 Å². The van der Waals surface area contributed by atoms with Gasteiger partial charge in [0.1, 0.15) is 5.69 Å². The number of carbonyl (C=O) groups excluding carboxylic acids is 1. The zero-order valence-corrected chi connectivity index (χ0v) is 18.7. The molecule has 4 rings (SSSR count). The Labute approximate surface area is 187 Å². The lowest BCUT2D eigenvalue weighted by molar-refractivity contribution is 0.0651. The Morgan fingerprint density at radius 1 is 1.23 bits per heavy atom. The number of anilines is 1. The maximum atomic E-state index is 13.3. The molecular weight excluding hydrogens is 410 g/mol. The highest BCUT2D eigenvalue weighted by Gasteiger charge is 2.31. The van der Waals surface area contributed by atoms with Crippen LogP contribution in [0.3, 0.4) is 0 Å². The van der Waals surface area contributed by atoms with Crippen LogP contribution in [0, 0.1) is 0 Å². The molecule has 1 aromatic heterocycles. The maximum absolute atomic E-state index is 13.3. The Balaban J connectivity index is 1.61. The summed E-state index contributed by atoms with van der Waals surface area (Å²) in [4.78, 5) is 19.2. The van der Waals surface area contributed by atoms with Crippen LogP contribution in [0.2, 0.25) is 5.02 Å². The van der Waals surface area contributed by atoms with E-state index >= 15 is 0 Å². The molecule has 3 aromatic rings. The molecule has 1 aliphatic heterocycles. The molecule has 0 unspecified atom stereocenters. The average Bonchev–Trinajstić information content (AvgIpc) is 3.20. The summed E-state index contributed by atoms with van der Waals surface area (Å²) in [5.74, 6) is -0.00462. The predicted molar refractivity (Wildman–Crippen MR) is 126 cm³/mol. The number of hydrogen-bond donors (Lipinski definition) is 1. The molecule has 0 bridgehead atoms. The second kappa shape index (κ2) is 8.94. The van der Waals surface area contributed by atoms with Gasteiger partial charge >= 0.3 is 0 Å². The molecule has 0 aliphatic carbocycles. The van der Waals surface area contributed by atoms with Gasteiger partial charge in [0, 0.05) is 49.2 Å². The number of benzene rings is 2. The summed E-state index contributed by atoms with van der Waals surface area (Å²) in [6.45, 7) is 6.08. The zero-order chi connectivity index (χ0) is 22.0. The number of carbonyl (C=O) groups is 1. The molecule has 2 aromatic carbocycles. The fraction of sp³-hybridized carbons (Fsp3) is 0.292. The summed E-state index contributed by atoms with van der Waals surface area (Å²) >= 11 is 6.18. The number of amides is 1. The Bertz CT molecular complexity index is 1120. The van der Waals surface area contributed by atoms with Crippen molar-refractivity contribution in [2.45, 2.75) is 26.4 Å². The SMILES string of the molecule is CCNc1cc(Cl)ccc1-c1cc2n(n1)[C@@H](C)CN(Cc1ccc(/C=N\C)cc1)C2=O. The van der Waals surface area contributed by atoms with Gasteiger partial charge in [-0.05, 0) is 49.2 Å². The highest BCUT2D eigenvalue weighted by molar-refractivity contribution is 6.31. The molecule has 7 heteroatoms. The topological polar surface area (TPSA) is 62.5 Å². The molecule has 1 aliphatic rings. The number of rotatable bonds is 6. The van der Waals surface area contributed by atoms with Crippen molar-refractivity contribution in [1.82, 2.24) is 14.7 Å². The van der Waals surface area contributed by atoms with Crippen LogP contribution in [-0.2, 0) is 6.54 Å². The van der Waals surface area contributed by atoms with E-state index in [4.69, 9.17) is 16.7 Å². The lowest BCUT2D eigenvalue weighted by atomic mass is 10.1. The quantitative estimate of drug-likeness (QED) is 0.560. The number of aliphatic imine (C=N–C) groups is 1. The van der Waals surface area contributed by atoms with Gasteiger partial charge in [0.15, 0.2) is 0 Å².